The van der Waals surface area contributed by atoms with Gasteiger partial charge < -0.3 is 31.6 Å². The monoisotopic (exact) mass is 557 g/mol. The molecule has 200 valence electrons. The average molecular weight is 558 g/mol. The summed E-state index contributed by atoms with van der Waals surface area (Å²) in [7, 11) is -2.26. The van der Waals surface area contributed by atoms with Gasteiger partial charge in [0.2, 0.25) is 0 Å². The number of rotatable bonds is 8. The van der Waals surface area contributed by atoms with Crippen LogP contribution in [0.5, 0.6) is 17.2 Å². The number of ether oxygens (including phenoxy) is 2. The molecule has 6 N–H and O–H groups in total. The van der Waals surface area contributed by atoms with Gasteiger partial charge in [0.25, 0.3) is 5.91 Å². The molecule has 0 bridgehead atoms. The minimum atomic E-state index is -3.90. The predicted molar refractivity (Wildman–Crippen MR) is 147 cm³/mol. The maximum Gasteiger partial charge on any atom is 0.280 e. The van der Waals surface area contributed by atoms with Gasteiger partial charge in [0, 0.05) is 42.0 Å². The summed E-state index contributed by atoms with van der Waals surface area (Å²) in [4.78, 5) is 15.7. The van der Waals surface area contributed by atoms with Gasteiger partial charge in [0.05, 0.1) is 17.9 Å². The van der Waals surface area contributed by atoms with Crippen LogP contribution in [0.3, 0.4) is 0 Å². The number of amides is 1. The van der Waals surface area contributed by atoms with Crippen molar-refractivity contribution in [1.29, 1.82) is 0 Å². The Morgan fingerprint density at radius 3 is 2.63 bits per heavy atom. The molecule has 0 atom stereocenters. The van der Waals surface area contributed by atoms with Crippen LogP contribution < -0.4 is 31.6 Å². The molecule has 1 heterocycles. The van der Waals surface area contributed by atoms with Crippen molar-refractivity contribution < 1.29 is 22.7 Å². The lowest BCUT2D eigenvalue weighted by molar-refractivity contribution is 0.100. The van der Waals surface area contributed by atoms with Crippen LogP contribution >= 0.6 is 11.6 Å². The SMILES string of the molecule is COc1ccccc1CNCCNc1cc(Cl)c2c(c1)CS(=O)(=O)c1cc(C(=O)N=C(N)N)cc(C)c1O2. The van der Waals surface area contributed by atoms with Crippen LogP contribution in [-0.4, -0.2) is 40.5 Å². The van der Waals surface area contributed by atoms with Crippen LogP contribution in [-0.2, 0) is 22.1 Å². The van der Waals surface area contributed by atoms with Crippen LogP contribution in [0.1, 0.15) is 27.0 Å². The fourth-order valence-corrected chi connectivity index (χ4v) is 5.98. The van der Waals surface area contributed by atoms with E-state index in [0.29, 0.717) is 36.4 Å². The van der Waals surface area contributed by atoms with Crippen LogP contribution in [0.25, 0.3) is 0 Å². The first-order valence-electron chi connectivity index (χ1n) is 11.7. The fourth-order valence-electron chi connectivity index (χ4n) is 4.13. The Bertz CT molecular complexity index is 1520. The highest BCUT2D eigenvalue weighted by atomic mass is 35.5. The topological polar surface area (TPSA) is 158 Å². The number of carbonyl (C=O) groups excluding carboxylic acids is 1. The highest BCUT2D eigenvalue weighted by Crippen LogP contribution is 2.44. The van der Waals surface area contributed by atoms with E-state index in [2.05, 4.69) is 15.6 Å². The number of aliphatic imine (C=N–C) groups is 1. The maximum atomic E-state index is 13.4. The third-order valence-electron chi connectivity index (χ3n) is 5.86. The number of hydrogen-bond acceptors (Lipinski definition) is 7. The Balaban J connectivity index is 1.51. The molecule has 0 unspecified atom stereocenters. The minimum Gasteiger partial charge on any atom is -0.496 e. The lowest BCUT2D eigenvalue weighted by Gasteiger charge is -2.15. The van der Waals surface area contributed by atoms with Crippen LogP contribution in [0.2, 0.25) is 5.02 Å². The molecule has 10 nitrogen and oxygen atoms in total. The summed E-state index contributed by atoms with van der Waals surface area (Å²) >= 11 is 6.54. The molecule has 0 aromatic heterocycles. The zero-order valence-electron chi connectivity index (χ0n) is 20.9. The number of sulfone groups is 1. The number of nitrogens with one attached hydrogen (secondary N) is 2. The Hall–Kier alpha value is -3.80. The summed E-state index contributed by atoms with van der Waals surface area (Å²) < 4.78 is 38.1. The summed E-state index contributed by atoms with van der Waals surface area (Å²) in [6.07, 6.45) is 0. The number of anilines is 1. The largest absolute Gasteiger partial charge is 0.496 e. The molecule has 0 radical (unpaired) electrons. The van der Waals surface area contributed by atoms with Crippen molar-refractivity contribution in [1.82, 2.24) is 5.32 Å². The summed E-state index contributed by atoms with van der Waals surface area (Å²) in [5.74, 6) is -0.368. The quantitative estimate of drug-likeness (QED) is 0.185. The van der Waals surface area contributed by atoms with Crippen molar-refractivity contribution >= 4 is 39.0 Å². The number of halogens is 1. The number of benzene rings is 3. The Kier molecular flexibility index (Phi) is 8.10. The molecule has 0 aliphatic carbocycles. The Morgan fingerprint density at radius 2 is 1.89 bits per heavy atom. The summed E-state index contributed by atoms with van der Waals surface area (Å²) in [6, 6.07) is 13.8. The van der Waals surface area contributed by atoms with Gasteiger partial charge in [-0.3, -0.25) is 4.79 Å². The molecule has 12 heteroatoms. The van der Waals surface area contributed by atoms with Gasteiger partial charge in [-0.1, -0.05) is 29.8 Å². The molecular formula is C26H28ClN5O5S. The van der Waals surface area contributed by atoms with E-state index < -0.39 is 21.7 Å². The predicted octanol–water partition coefficient (Wildman–Crippen LogP) is 3.35. The molecule has 0 spiro atoms. The second-order valence-corrected chi connectivity index (χ2v) is 11.1. The zero-order chi connectivity index (χ0) is 27.4. The first-order valence-corrected chi connectivity index (χ1v) is 13.7. The molecule has 4 rings (SSSR count). The standard InChI is InChI=1S/C26H28ClN5O5S/c1-15-9-17(25(33)32-26(28)29)11-22-23(15)37-24-18(14-38(22,34)35)10-19(12-20(24)27)31-8-7-30-13-16-5-3-4-6-21(16)36-2/h3-6,9-12,30-31H,7-8,13-14H2,1-2H3,(H4,28,29,32,33). The maximum absolute atomic E-state index is 13.4. The number of para-hydroxylation sites is 1. The van der Waals surface area contributed by atoms with E-state index in [1.165, 1.54) is 12.1 Å². The van der Waals surface area contributed by atoms with Crippen molar-refractivity contribution in [3.8, 4) is 17.2 Å². The van der Waals surface area contributed by atoms with Crippen LogP contribution in [0.15, 0.2) is 58.4 Å². The van der Waals surface area contributed by atoms with Gasteiger partial charge in [0.15, 0.2) is 15.8 Å². The molecule has 3 aromatic carbocycles. The van der Waals surface area contributed by atoms with E-state index in [1.807, 2.05) is 24.3 Å². The van der Waals surface area contributed by atoms with Gasteiger partial charge in [-0.15, -0.1) is 0 Å². The van der Waals surface area contributed by atoms with E-state index in [4.69, 9.17) is 32.5 Å². The fraction of sp³-hybridized carbons (Fsp3) is 0.231. The number of fused-ring (bicyclic) bond motifs is 2. The lowest BCUT2D eigenvalue weighted by atomic mass is 10.1. The van der Waals surface area contributed by atoms with Crippen molar-refractivity contribution in [3.05, 3.63) is 75.8 Å². The van der Waals surface area contributed by atoms with E-state index in [-0.39, 0.29) is 32.7 Å². The van der Waals surface area contributed by atoms with Gasteiger partial charge >= 0.3 is 0 Å². The molecular weight excluding hydrogens is 530 g/mol. The number of nitrogens with zero attached hydrogens (tertiary/aromatic N) is 1. The molecule has 0 fully saturated rings. The van der Waals surface area contributed by atoms with E-state index in [9.17, 15) is 13.2 Å². The first kappa shape index (κ1) is 27.2. The van der Waals surface area contributed by atoms with Crippen LogP contribution in [0.4, 0.5) is 5.69 Å². The number of nitrogens with two attached hydrogens (primary N) is 2. The van der Waals surface area contributed by atoms with Crippen molar-refractivity contribution in [2.24, 2.45) is 16.5 Å². The molecule has 0 saturated heterocycles. The molecule has 3 aromatic rings. The van der Waals surface area contributed by atoms with Gasteiger partial charge in [-0.05, 0) is 42.8 Å². The smallest absolute Gasteiger partial charge is 0.280 e. The second-order valence-electron chi connectivity index (χ2n) is 8.69. The summed E-state index contributed by atoms with van der Waals surface area (Å²) in [5.41, 5.74) is 13.1. The lowest BCUT2D eigenvalue weighted by Crippen LogP contribution is -2.24. The number of methoxy groups -OCH3 is 1. The third kappa shape index (κ3) is 6.01. The minimum absolute atomic E-state index is 0.0295. The second kappa shape index (κ2) is 11.3. The van der Waals surface area contributed by atoms with Crippen molar-refractivity contribution in [3.63, 3.8) is 0 Å². The highest BCUT2D eigenvalue weighted by Gasteiger charge is 2.31. The normalized spacial score (nSPS) is 13.3. The van der Waals surface area contributed by atoms with Crippen molar-refractivity contribution in [2.45, 2.75) is 24.1 Å². The summed E-state index contributed by atoms with van der Waals surface area (Å²) in [5, 5.41) is 6.86. The van der Waals surface area contributed by atoms with Crippen molar-refractivity contribution in [2.75, 3.05) is 25.5 Å². The Morgan fingerprint density at radius 1 is 1.13 bits per heavy atom. The Labute approximate surface area is 225 Å². The van der Waals surface area contributed by atoms with E-state index in [0.717, 1.165) is 11.3 Å². The highest BCUT2D eigenvalue weighted by molar-refractivity contribution is 7.90. The van der Waals surface area contributed by atoms with E-state index in [1.54, 1.807) is 26.2 Å². The van der Waals surface area contributed by atoms with Gasteiger partial charge in [-0.2, -0.15) is 4.99 Å². The molecule has 1 amide bonds. The van der Waals surface area contributed by atoms with E-state index >= 15 is 0 Å². The number of hydrogen-bond donors (Lipinski definition) is 4. The van der Waals surface area contributed by atoms with Gasteiger partial charge in [0.1, 0.15) is 22.1 Å². The molecule has 1 aliphatic rings. The number of carbonyl (C=O) groups is 1. The van der Waals surface area contributed by atoms with Crippen LogP contribution in [0, 0.1) is 6.92 Å². The van der Waals surface area contributed by atoms with Gasteiger partial charge in [-0.25, -0.2) is 8.42 Å². The average Bonchev–Trinajstić information content (AvgIpc) is 2.97. The number of aryl methyl sites for hydroxylation is 1. The molecule has 0 saturated carbocycles. The molecule has 38 heavy (non-hydrogen) atoms. The first-order chi connectivity index (χ1) is 18.1. The third-order valence-corrected chi connectivity index (χ3v) is 7.81. The number of guanidine groups is 1. The summed E-state index contributed by atoms with van der Waals surface area (Å²) in [6.45, 7) is 3.47. The zero-order valence-corrected chi connectivity index (χ0v) is 22.4. The molecule has 1 aliphatic heterocycles.